The van der Waals surface area contributed by atoms with Crippen LogP contribution in [-0.4, -0.2) is 23.2 Å². The molecule has 0 spiro atoms. The molecule has 0 aliphatic carbocycles. The molecular weight excluding hydrogens is 415 g/mol. The van der Waals surface area contributed by atoms with Crippen LogP contribution < -0.4 is 4.72 Å². The lowest BCUT2D eigenvalue weighted by molar-refractivity contribution is 0.587. The summed E-state index contributed by atoms with van der Waals surface area (Å²) in [4.78, 5) is 4.40. The van der Waals surface area contributed by atoms with Gasteiger partial charge < -0.3 is 0 Å². The Labute approximate surface area is 180 Å². The molecule has 0 saturated heterocycles. The van der Waals surface area contributed by atoms with Gasteiger partial charge in [-0.05, 0) is 54.3 Å². The fourth-order valence-corrected chi connectivity index (χ4v) is 4.41. The van der Waals surface area contributed by atoms with E-state index >= 15 is 0 Å². The van der Waals surface area contributed by atoms with Crippen LogP contribution in [0.1, 0.15) is 32.0 Å². The zero-order valence-corrected chi connectivity index (χ0v) is 18.5. The summed E-state index contributed by atoms with van der Waals surface area (Å²) in [6.07, 6.45) is 1.58. The number of halogens is 1. The smallest absolute Gasteiger partial charge is 0.263 e. The summed E-state index contributed by atoms with van der Waals surface area (Å²) in [5.41, 5.74) is 2.68. The van der Waals surface area contributed by atoms with E-state index < -0.39 is 15.8 Å². The number of benzene rings is 2. The SMILES string of the molecule is Cc1cc(NS(=O)(=O)c2ccc(C(C)(C)C)cc2)n(-c2ccnc3ccc(F)cc23)n1. The van der Waals surface area contributed by atoms with Crippen LogP contribution in [0.15, 0.2) is 65.7 Å². The van der Waals surface area contributed by atoms with E-state index in [-0.39, 0.29) is 16.1 Å². The average molecular weight is 439 g/mol. The molecule has 4 aromatic rings. The van der Waals surface area contributed by atoms with E-state index in [0.717, 1.165) is 5.56 Å². The lowest BCUT2D eigenvalue weighted by atomic mass is 9.87. The summed E-state index contributed by atoms with van der Waals surface area (Å²) >= 11 is 0. The third-order valence-corrected chi connectivity index (χ3v) is 6.38. The lowest BCUT2D eigenvalue weighted by Gasteiger charge is -2.19. The quantitative estimate of drug-likeness (QED) is 0.488. The van der Waals surface area contributed by atoms with Gasteiger partial charge in [0.25, 0.3) is 10.0 Å². The lowest BCUT2D eigenvalue weighted by Crippen LogP contribution is -2.17. The Morgan fingerprint density at radius 2 is 1.71 bits per heavy atom. The van der Waals surface area contributed by atoms with Gasteiger partial charge in [-0.3, -0.25) is 9.71 Å². The molecule has 2 aromatic carbocycles. The van der Waals surface area contributed by atoms with Crippen LogP contribution in [0.4, 0.5) is 10.2 Å². The van der Waals surface area contributed by atoms with Gasteiger partial charge in [0.2, 0.25) is 0 Å². The van der Waals surface area contributed by atoms with E-state index in [2.05, 4.69) is 35.6 Å². The van der Waals surface area contributed by atoms with Crippen LogP contribution >= 0.6 is 0 Å². The molecule has 0 radical (unpaired) electrons. The minimum atomic E-state index is -3.85. The number of sulfonamides is 1. The summed E-state index contributed by atoms with van der Waals surface area (Å²) in [5.74, 6) is -0.152. The molecule has 0 saturated carbocycles. The number of aryl methyl sites for hydroxylation is 1. The van der Waals surface area contributed by atoms with E-state index in [1.807, 2.05) is 12.1 Å². The normalized spacial score (nSPS) is 12.3. The molecule has 0 atom stereocenters. The van der Waals surface area contributed by atoms with Crippen LogP contribution in [0.5, 0.6) is 0 Å². The number of fused-ring (bicyclic) bond motifs is 1. The second kappa shape index (κ2) is 7.46. The standard InChI is InChI=1S/C23H23FN4O2S/c1-15-13-22(27-31(29,30)18-8-5-16(6-9-18)23(2,3)4)28(26-15)21-11-12-25-20-10-7-17(24)14-19(20)21/h5-14,27H,1-4H3. The number of anilines is 1. The van der Waals surface area contributed by atoms with Crippen molar-refractivity contribution in [2.24, 2.45) is 0 Å². The van der Waals surface area contributed by atoms with Gasteiger partial charge in [-0.1, -0.05) is 32.9 Å². The molecule has 6 nitrogen and oxygen atoms in total. The van der Waals surface area contributed by atoms with Gasteiger partial charge in [0.1, 0.15) is 11.6 Å². The first-order valence-electron chi connectivity index (χ1n) is 9.79. The van der Waals surface area contributed by atoms with Crippen molar-refractivity contribution in [1.29, 1.82) is 0 Å². The molecule has 2 heterocycles. The van der Waals surface area contributed by atoms with E-state index in [9.17, 15) is 12.8 Å². The third kappa shape index (κ3) is 4.16. The van der Waals surface area contributed by atoms with Crippen molar-refractivity contribution < 1.29 is 12.8 Å². The summed E-state index contributed by atoms with van der Waals surface area (Å²) in [7, 11) is -3.85. The van der Waals surface area contributed by atoms with Crippen LogP contribution in [0.25, 0.3) is 16.6 Å². The number of aromatic nitrogens is 3. The van der Waals surface area contributed by atoms with Crippen LogP contribution in [0.3, 0.4) is 0 Å². The molecule has 1 N–H and O–H groups in total. The largest absolute Gasteiger partial charge is 0.263 e. The zero-order valence-electron chi connectivity index (χ0n) is 17.7. The molecule has 0 amide bonds. The number of nitrogens with one attached hydrogen (secondary N) is 1. The van der Waals surface area contributed by atoms with Crippen molar-refractivity contribution in [3.05, 3.63) is 77.9 Å². The van der Waals surface area contributed by atoms with Crippen molar-refractivity contribution in [3.8, 4) is 5.69 Å². The maximum Gasteiger partial charge on any atom is 0.263 e. The number of hydrogen-bond acceptors (Lipinski definition) is 4. The molecule has 0 fully saturated rings. The van der Waals surface area contributed by atoms with Gasteiger partial charge in [-0.15, -0.1) is 0 Å². The average Bonchev–Trinajstić information content (AvgIpc) is 3.06. The first-order valence-corrected chi connectivity index (χ1v) is 11.3. The molecule has 0 bridgehead atoms. The van der Waals surface area contributed by atoms with Crippen LogP contribution in [-0.2, 0) is 15.4 Å². The molecule has 31 heavy (non-hydrogen) atoms. The number of hydrogen-bond donors (Lipinski definition) is 1. The summed E-state index contributed by atoms with van der Waals surface area (Å²) < 4.78 is 44.1. The van der Waals surface area contributed by atoms with Crippen LogP contribution in [0, 0.1) is 12.7 Å². The molecule has 0 aliphatic heterocycles. The van der Waals surface area contributed by atoms with Crippen molar-refractivity contribution in [1.82, 2.24) is 14.8 Å². The predicted molar refractivity (Wildman–Crippen MR) is 120 cm³/mol. The van der Waals surface area contributed by atoms with E-state index in [4.69, 9.17) is 0 Å². The van der Waals surface area contributed by atoms with Gasteiger partial charge in [-0.25, -0.2) is 17.5 Å². The Morgan fingerprint density at radius 3 is 2.39 bits per heavy atom. The monoisotopic (exact) mass is 438 g/mol. The maximum atomic E-state index is 13.9. The molecule has 0 unspecified atom stereocenters. The highest BCUT2D eigenvalue weighted by molar-refractivity contribution is 7.92. The second-order valence-electron chi connectivity index (χ2n) is 8.45. The van der Waals surface area contributed by atoms with Crippen molar-refractivity contribution in [3.63, 3.8) is 0 Å². The fraction of sp³-hybridized carbons (Fsp3) is 0.217. The van der Waals surface area contributed by atoms with Crippen molar-refractivity contribution >= 4 is 26.7 Å². The second-order valence-corrected chi connectivity index (χ2v) is 10.1. The topological polar surface area (TPSA) is 76.9 Å². The fourth-order valence-electron chi connectivity index (χ4n) is 3.38. The number of pyridine rings is 1. The minimum absolute atomic E-state index is 0.0802. The molecule has 0 aliphatic rings. The Kier molecular flexibility index (Phi) is 5.05. The van der Waals surface area contributed by atoms with Crippen molar-refractivity contribution in [2.45, 2.75) is 38.0 Å². The summed E-state index contributed by atoms with van der Waals surface area (Å²) in [6.45, 7) is 7.96. The first-order chi connectivity index (χ1) is 14.5. The van der Waals surface area contributed by atoms with Gasteiger partial charge in [-0.2, -0.15) is 5.10 Å². The summed E-state index contributed by atoms with van der Waals surface area (Å²) in [6, 6.07) is 14.4. The minimum Gasteiger partial charge on any atom is -0.263 e. The molecule has 2 aromatic heterocycles. The Hall–Kier alpha value is -3.26. The van der Waals surface area contributed by atoms with E-state index in [0.29, 0.717) is 22.3 Å². The highest BCUT2D eigenvalue weighted by Gasteiger charge is 2.21. The molecular formula is C23H23FN4O2S. The Bertz CT molecular complexity index is 1370. The van der Waals surface area contributed by atoms with Gasteiger partial charge in [0.05, 0.1) is 21.8 Å². The Balaban J connectivity index is 1.76. The first kappa shape index (κ1) is 21.0. The maximum absolute atomic E-state index is 13.9. The van der Waals surface area contributed by atoms with E-state index in [1.54, 1.807) is 43.5 Å². The van der Waals surface area contributed by atoms with Crippen LogP contribution in [0.2, 0.25) is 0 Å². The molecule has 160 valence electrons. The molecule has 4 rings (SSSR count). The van der Waals surface area contributed by atoms with E-state index in [1.165, 1.54) is 16.8 Å². The Morgan fingerprint density at radius 1 is 1.00 bits per heavy atom. The highest BCUT2D eigenvalue weighted by Crippen LogP contribution is 2.27. The van der Waals surface area contributed by atoms with Gasteiger partial charge in [0.15, 0.2) is 0 Å². The predicted octanol–water partition coefficient (Wildman–Crippen LogP) is 4.97. The third-order valence-electron chi connectivity index (χ3n) is 5.01. The zero-order chi connectivity index (χ0) is 22.4. The van der Waals surface area contributed by atoms with Crippen molar-refractivity contribution in [2.75, 3.05) is 4.72 Å². The summed E-state index contributed by atoms with van der Waals surface area (Å²) in [5, 5.41) is 4.95. The highest BCUT2D eigenvalue weighted by atomic mass is 32.2. The number of nitrogens with zero attached hydrogens (tertiary/aromatic N) is 3. The van der Waals surface area contributed by atoms with Gasteiger partial charge in [0, 0.05) is 17.6 Å². The molecule has 8 heteroatoms. The number of rotatable bonds is 4. The van der Waals surface area contributed by atoms with Gasteiger partial charge >= 0.3 is 0 Å².